The minimum absolute atomic E-state index is 0.0938. The highest BCUT2D eigenvalue weighted by Gasteiger charge is 2.11. The first-order chi connectivity index (χ1) is 8.58. The molecule has 1 heterocycles. The van der Waals surface area contributed by atoms with Crippen molar-refractivity contribution in [2.24, 2.45) is 0 Å². The molecule has 0 fully saturated rings. The van der Waals surface area contributed by atoms with Crippen LogP contribution in [0.5, 0.6) is 0 Å². The van der Waals surface area contributed by atoms with Crippen molar-refractivity contribution < 1.29 is 4.79 Å². The van der Waals surface area contributed by atoms with Crippen molar-refractivity contribution in [2.45, 2.75) is 6.92 Å². The average Bonchev–Trinajstić information content (AvgIpc) is 2.32. The normalized spacial score (nSPS) is 10.1. The number of aromatic amines is 1. The van der Waals surface area contributed by atoms with Crippen LogP contribution in [-0.2, 0) is 0 Å². The second-order valence-corrected chi connectivity index (χ2v) is 4.68. The molecule has 0 radical (unpaired) electrons. The molecule has 1 amide bonds. The van der Waals surface area contributed by atoms with Gasteiger partial charge in [0.05, 0.1) is 5.69 Å². The van der Waals surface area contributed by atoms with Crippen LogP contribution in [-0.4, -0.2) is 10.9 Å². The second-order valence-electron chi connectivity index (χ2n) is 3.83. The Kier molecular flexibility index (Phi) is 3.62. The van der Waals surface area contributed by atoms with Gasteiger partial charge in [-0.1, -0.05) is 12.1 Å². The summed E-state index contributed by atoms with van der Waals surface area (Å²) in [7, 11) is 0. The number of amides is 1. The van der Waals surface area contributed by atoms with E-state index in [0.29, 0.717) is 5.69 Å². The first-order valence-corrected chi connectivity index (χ1v) is 6.12. The summed E-state index contributed by atoms with van der Waals surface area (Å²) in [6.07, 6.45) is 1.42. The maximum Gasteiger partial charge on any atom is 0.261 e. The molecule has 0 aliphatic carbocycles. The number of aromatic nitrogens is 1. The van der Waals surface area contributed by atoms with Crippen molar-refractivity contribution in [3.05, 3.63) is 62.5 Å². The molecule has 2 N–H and O–H groups in total. The average molecular weight is 307 g/mol. The van der Waals surface area contributed by atoms with Gasteiger partial charge in [-0.15, -0.1) is 0 Å². The largest absolute Gasteiger partial charge is 0.364 e. The number of anilines is 1. The molecule has 18 heavy (non-hydrogen) atoms. The molecule has 1 aromatic heterocycles. The van der Waals surface area contributed by atoms with E-state index in [0.717, 1.165) is 10.2 Å². The van der Waals surface area contributed by atoms with Crippen molar-refractivity contribution in [3.63, 3.8) is 0 Å². The molecule has 0 atom stereocenters. The molecule has 2 aromatic rings. The standard InChI is InChI=1S/C13H11BrN2O2/c1-8-6-12(17)9(7-15-8)13(18)16-11-5-3-2-4-10(11)14/h2-7H,1H3,(H,15,17)(H,16,18). The van der Waals surface area contributed by atoms with E-state index in [1.165, 1.54) is 12.3 Å². The van der Waals surface area contributed by atoms with E-state index in [1.807, 2.05) is 12.1 Å². The summed E-state index contributed by atoms with van der Waals surface area (Å²) in [5.41, 5.74) is 1.15. The lowest BCUT2D eigenvalue weighted by atomic mass is 10.2. The summed E-state index contributed by atoms with van der Waals surface area (Å²) < 4.78 is 0.766. The van der Waals surface area contributed by atoms with Crippen molar-refractivity contribution in [1.82, 2.24) is 4.98 Å². The molecular weight excluding hydrogens is 296 g/mol. The van der Waals surface area contributed by atoms with Gasteiger partial charge in [-0.2, -0.15) is 0 Å². The molecule has 0 bridgehead atoms. The fraction of sp³-hybridized carbons (Fsp3) is 0.0769. The Hall–Kier alpha value is -1.88. The SMILES string of the molecule is Cc1cc(=O)c(C(=O)Nc2ccccc2Br)c[nH]1. The summed E-state index contributed by atoms with van der Waals surface area (Å²) >= 11 is 3.33. The Balaban J connectivity index is 2.28. The number of halogens is 1. The summed E-state index contributed by atoms with van der Waals surface area (Å²) in [6, 6.07) is 8.62. The van der Waals surface area contributed by atoms with Crippen LogP contribution in [0.2, 0.25) is 0 Å². The molecule has 5 heteroatoms. The molecule has 4 nitrogen and oxygen atoms in total. The predicted octanol–water partition coefficient (Wildman–Crippen LogP) is 2.70. The van der Waals surface area contributed by atoms with Gasteiger partial charge in [0, 0.05) is 22.4 Å². The summed E-state index contributed by atoms with van der Waals surface area (Å²) in [6.45, 7) is 1.76. The molecule has 2 rings (SSSR count). The minimum Gasteiger partial charge on any atom is -0.364 e. The number of benzene rings is 1. The quantitative estimate of drug-likeness (QED) is 0.896. The third kappa shape index (κ3) is 2.68. The maximum absolute atomic E-state index is 11.9. The third-order valence-corrected chi connectivity index (χ3v) is 3.12. The summed E-state index contributed by atoms with van der Waals surface area (Å²) in [5.74, 6) is -0.428. The Bertz CT molecular complexity index is 649. The number of hydrogen-bond donors (Lipinski definition) is 2. The van der Waals surface area contributed by atoms with Crippen LogP contribution in [0.3, 0.4) is 0 Å². The Morgan fingerprint density at radius 1 is 1.33 bits per heavy atom. The highest BCUT2D eigenvalue weighted by molar-refractivity contribution is 9.10. The van der Waals surface area contributed by atoms with Crippen LogP contribution in [0.4, 0.5) is 5.69 Å². The Labute approximate surface area is 112 Å². The molecule has 0 saturated heterocycles. The highest BCUT2D eigenvalue weighted by Crippen LogP contribution is 2.21. The van der Waals surface area contributed by atoms with Gasteiger partial charge in [-0.05, 0) is 35.0 Å². The van der Waals surface area contributed by atoms with Gasteiger partial charge in [0.1, 0.15) is 5.56 Å². The number of nitrogens with one attached hydrogen (secondary N) is 2. The summed E-state index contributed by atoms with van der Waals surface area (Å²) in [4.78, 5) is 26.5. The highest BCUT2D eigenvalue weighted by atomic mass is 79.9. The first-order valence-electron chi connectivity index (χ1n) is 5.33. The zero-order chi connectivity index (χ0) is 13.1. The lowest BCUT2D eigenvalue weighted by molar-refractivity contribution is 0.102. The van der Waals surface area contributed by atoms with Crippen LogP contribution in [0.1, 0.15) is 16.1 Å². The minimum atomic E-state index is -0.428. The topological polar surface area (TPSA) is 62.0 Å². The van der Waals surface area contributed by atoms with Gasteiger partial charge in [-0.3, -0.25) is 9.59 Å². The van der Waals surface area contributed by atoms with Crippen molar-refractivity contribution >= 4 is 27.5 Å². The fourth-order valence-corrected chi connectivity index (χ4v) is 1.89. The number of carbonyl (C=O) groups is 1. The predicted molar refractivity (Wildman–Crippen MR) is 73.9 cm³/mol. The molecular formula is C13H11BrN2O2. The van der Waals surface area contributed by atoms with Crippen LogP contribution in [0.25, 0.3) is 0 Å². The lowest BCUT2D eigenvalue weighted by Gasteiger charge is -2.06. The van der Waals surface area contributed by atoms with Crippen LogP contribution >= 0.6 is 15.9 Å². The van der Waals surface area contributed by atoms with Gasteiger partial charge in [-0.25, -0.2) is 0 Å². The van der Waals surface area contributed by atoms with E-state index < -0.39 is 5.91 Å². The van der Waals surface area contributed by atoms with Crippen molar-refractivity contribution in [3.8, 4) is 0 Å². The third-order valence-electron chi connectivity index (χ3n) is 2.42. The smallest absolute Gasteiger partial charge is 0.261 e. The van der Waals surface area contributed by atoms with Crippen molar-refractivity contribution in [1.29, 1.82) is 0 Å². The van der Waals surface area contributed by atoms with Crippen LogP contribution in [0, 0.1) is 6.92 Å². The van der Waals surface area contributed by atoms with Gasteiger partial charge in [0.15, 0.2) is 5.43 Å². The molecule has 0 aliphatic rings. The molecule has 0 aliphatic heterocycles. The monoisotopic (exact) mass is 306 g/mol. The Morgan fingerprint density at radius 2 is 2.06 bits per heavy atom. The molecule has 92 valence electrons. The molecule has 0 saturated carbocycles. The number of rotatable bonds is 2. The van der Waals surface area contributed by atoms with Gasteiger partial charge in [0.25, 0.3) is 5.91 Å². The van der Waals surface area contributed by atoms with Crippen molar-refractivity contribution in [2.75, 3.05) is 5.32 Å². The first kappa shape index (κ1) is 12.6. The lowest BCUT2D eigenvalue weighted by Crippen LogP contribution is -2.21. The maximum atomic E-state index is 11.9. The van der Waals surface area contributed by atoms with Crippen LogP contribution < -0.4 is 10.7 Å². The van der Waals surface area contributed by atoms with Gasteiger partial charge >= 0.3 is 0 Å². The van der Waals surface area contributed by atoms with Crippen LogP contribution in [0.15, 0.2) is 45.8 Å². The molecule has 1 aromatic carbocycles. The number of para-hydroxylation sites is 1. The van der Waals surface area contributed by atoms with E-state index in [9.17, 15) is 9.59 Å². The zero-order valence-electron chi connectivity index (χ0n) is 9.66. The second kappa shape index (κ2) is 5.18. The van der Waals surface area contributed by atoms with E-state index in [1.54, 1.807) is 19.1 Å². The summed E-state index contributed by atoms with van der Waals surface area (Å²) in [5, 5.41) is 2.68. The number of aryl methyl sites for hydroxylation is 1. The zero-order valence-corrected chi connectivity index (χ0v) is 11.2. The van der Waals surface area contributed by atoms with Gasteiger partial charge < -0.3 is 10.3 Å². The molecule has 0 unspecified atom stereocenters. The van der Waals surface area contributed by atoms with E-state index in [4.69, 9.17) is 0 Å². The van der Waals surface area contributed by atoms with E-state index in [2.05, 4.69) is 26.2 Å². The van der Waals surface area contributed by atoms with E-state index >= 15 is 0 Å². The number of hydrogen-bond acceptors (Lipinski definition) is 2. The molecule has 0 spiro atoms. The van der Waals surface area contributed by atoms with Gasteiger partial charge in [0.2, 0.25) is 0 Å². The fourth-order valence-electron chi connectivity index (χ4n) is 1.50. The number of H-pyrrole nitrogens is 1. The number of carbonyl (C=O) groups excluding carboxylic acids is 1. The Morgan fingerprint density at radius 3 is 2.72 bits per heavy atom. The van der Waals surface area contributed by atoms with E-state index in [-0.39, 0.29) is 11.0 Å². The number of pyridine rings is 1.